The summed E-state index contributed by atoms with van der Waals surface area (Å²) in [5, 5.41) is 12.8. The van der Waals surface area contributed by atoms with Crippen LogP contribution >= 0.6 is 0 Å². The lowest BCUT2D eigenvalue weighted by Gasteiger charge is -2.35. The highest BCUT2D eigenvalue weighted by Gasteiger charge is 2.59. The van der Waals surface area contributed by atoms with Crippen LogP contribution in [0, 0.1) is 23.2 Å². The van der Waals surface area contributed by atoms with E-state index in [0.717, 1.165) is 44.9 Å². The highest BCUT2D eigenvalue weighted by Crippen LogP contribution is 2.59. The summed E-state index contributed by atoms with van der Waals surface area (Å²) >= 11 is 0. The van der Waals surface area contributed by atoms with E-state index < -0.39 is 17.8 Å². The van der Waals surface area contributed by atoms with Gasteiger partial charge >= 0.3 is 5.97 Å². The van der Waals surface area contributed by atoms with Gasteiger partial charge in [0, 0.05) is 11.5 Å². The van der Waals surface area contributed by atoms with Gasteiger partial charge in [-0.3, -0.25) is 9.59 Å². The zero-order valence-corrected chi connectivity index (χ0v) is 13.7. The molecule has 3 aliphatic rings. The number of aliphatic carboxylic acids is 1. The quantitative estimate of drug-likeness (QED) is 0.739. The Kier molecular flexibility index (Phi) is 4.60. The topological polar surface area (TPSA) is 66.4 Å². The van der Waals surface area contributed by atoms with Crippen molar-refractivity contribution in [1.82, 2.24) is 5.32 Å². The fourth-order valence-electron chi connectivity index (χ4n) is 4.97. The van der Waals surface area contributed by atoms with Crippen LogP contribution in [0.4, 0.5) is 0 Å². The minimum atomic E-state index is -0.830. The summed E-state index contributed by atoms with van der Waals surface area (Å²) in [6, 6.07) is 0.227. The second kappa shape index (κ2) is 6.50. The molecule has 0 radical (unpaired) electrons. The minimum absolute atomic E-state index is 0.000536. The number of allylic oxidation sites excluding steroid dienone is 3. The van der Waals surface area contributed by atoms with Crippen molar-refractivity contribution in [3.05, 3.63) is 24.8 Å². The van der Waals surface area contributed by atoms with E-state index in [9.17, 15) is 14.7 Å². The van der Waals surface area contributed by atoms with Crippen LogP contribution in [0.1, 0.15) is 51.4 Å². The SMILES string of the molecule is C=CCCC12C=CC(C1)C(C(=O)O)C2C(=O)NC1CCCCC1. The van der Waals surface area contributed by atoms with Gasteiger partial charge in [-0.1, -0.05) is 37.5 Å². The first kappa shape index (κ1) is 16.3. The Morgan fingerprint density at radius 2 is 2.04 bits per heavy atom. The third-order valence-electron chi connectivity index (χ3n) is 6.06. The molecule has 1 amide bonds. The van der Waals surface area contributed by atoms with Gasteiger partial charge in [0.1, 0.15) is 0 Å². The number of nitrogens with one attached hydrogen (secondary N) is 1. The molecule has 0 aliphatic heterocycles. The first-order chi connectivity index (χ1) is 11.1. The number of carbonyl (C=O) groups is 2. The van der Waals surface area contributed by atoms with Crippen LogP contribution in [0.15, 0.2) is 24.8 Å². The van der Waals surface area contributed by atoms with E-state index in [2.05, 4.69) is 18.0 Å². The van der Waals surface area contributed by atoms with Gasteiger partial charge in [-0.2, -0.15) is 0 Å². The summed E-state index contributed by atoms with van der Waals surface area (Å²) in [5.41, 5.74) is -0.291. The Bertz CT molecular complexity index is 521. The number of hydrogen-bond acceptors (Lipinski definition) is 2. The van der Waals surface area contributed by atoms with Gasteiger partial charge in [-0.05, 0) is 38.0 Å². The van der Waals surface area contributed by atoms with E-state index in [1.165, 1.54) is 6.42 Å². The number of amides is 1. The molecule has 0 aromatic carbocycles. The summed E-state index contributed by atoms with van der Waals surface area (Å²) in [5.74, 6) is -1.88. The molecule has 2 N–H and O–H groups in total. The number of carboxylic acids is 1. The zero-order valence-electron chi connectivity index (χ0n) is 13.7. The molecule has 2 fully saturated rings. The summed E-state index contributed by atoms with van der Waals surface area (Å²) in [6.07, 6.45) is 14.0. The molecule has 2 bridgehead atoms. The van der Waals surface area contributed by atoms with Gasteiger partial charge < -0.3 is 10.4 Å². The normalized spacial score (nSPS) is 36.1. The van der Waals surface area contributed by atoms with Crippen LogP contribution in [-0.2, 0) is 9.59 Å². The van der Waals surface area contributed by atoms with Crippen molar-refractivity contribution < 1.29 is 14.7 Å². The Morgan fingerprint density at radius 1 is 1.30 bits per heavy atom. The van der Waals surface area contributed by atoms with Crippen molar-refractivity contribution in [3.8, 4) is 0 Å². The smallest absolute Gasteiger partial charge is 0.307 e. The Morgan fingerprint density at radius 3 is 2.70 bits per heavy atom. The lowest BCUT2D eigenvalue weighted by Crippen LogP contribution is -2.48. The van der Waals surface area contributed by atoms with Crippen LogP contribution in [-0.4, -0.2) is 23.0 Å². The summed E-state index contributed by atoms with van der Waals surface area (Å²) in [7, 11) is 0. The van der Waals surface area contributed by atoms with Gasteiger partial charge in [0.05, 0.1) is 11.8 Å². The third-order valence-corrected chi connectivity index (χ3v) is 6.06. The second-order valence-corrected chi connectivity index (χ2v) is 7.47. The van der Waals surface area contributed by atoms with Crippen LogP contribution in [0.3, 0.4) is 0 Å². The van der Waals surface area contributed by atoms with Crippen LogP contribution < -0.4 is 5.32 Å². The van der Waals surface area contributed by atoms with E-state index >= 15 is 0 Å². The minimum Gasteiger partial charge on any atom is -0.481 e. The monoisotopic (exact) mass is 317 g/mol. The van der Waals surface area contributed by atoms with Crippen LogP contribution in [0.25, 0.3) is 0 Å². The van der Waals surface area contributed by atoms with Crippen molar-refractivity contribution in [2.45, 2.75) is 57.4 Å². The molecule has 3 aliphatic carbocycles. The first-order valence-corrected chi connectivity index (χ1v) is 8.91. The fraction of sp³-hybridized carbons (Fsp3) is 0.684. The standard InChI is InChI=1S/C19H27NO3/c1-2-3-10-19-11-9-13(12-19)15(18(22)23)16(19)17(21)20-14-7-5-4-6-8-14/h2,9,11,13-16H,1,3-8,10,12H2,(H,20,21)(H,22,23). The van der Waals surface area contributed by atoms with E-state index in [1.54, 1.807) is 0 Å². The maximum absolute atomic E-state index is 13.0. The van der Waals surface area contributed by atoms with Crippen molar-refractivity contribution in [2.24, 2.45) is 23.2 Å². The van der Waals surface area contributed by atoms with Crippen molar-refractivity contribution in [1.29, 1.82) is 0 Å². The Hall–Kier alpha value is -1.58. The number of fused-ring (bicyclic) bond motifs is 2. The molecule has 0 heterocycles. The van der Waals surface area contributed by atoms with Gasteiger partial charge in [0.15, 0.2) is 0 Å². The van der Waals surface area contributed by atoms with Crippen molar-refractivity contribution in [3.63, 3.8) is 0 Å². The molecule has 3 rings (SSSR count). The number of rotatable bonds is 6. The van der Waals surface area contributed by atoms with Gasteiger partial charge in [0.25, 0.3) is 0 Å². The molecule has 126 valence electrons. The summed E-state index contributed by atoms with van der Waals surface area (Å²) in [4.78, 5) is 24.7. The average molecular weight is 317 g/mol. The van der Waals surface area contributed by atoms with E-state index in [-0.39, 0.29) is 23.3 Å². The molecule has 4 unspecified atom stereocenters. The largest absolute Gasteiger partial charge is 0.481 e. The number of carboxylic acid groups (broad SMARTS) is 1. The van der Waals surface area contributed by atoms with Crippen LogP contribution in [0.2, 0.25) is 0 Å². The maximum Gasteiger partial charge on any atom is 0.307 e. The Labute approximate surface area is 138 Å². The average Bonchev–Trinajstić information content (AvgIpc) is 3.10. The molecule has 4 nitrogen and oxygen atoms in total. The van der Waals surface area contributed by atoms with Gasteiger partial charge in [0.2, 0.25) is 5.91 Å². The number of carbonyl (C=O) groups excluding carboxylic acids is 1. The predicted octanol–water partition coefficient (Wildman–Crippen LogP) is 3.29. The summed E-state index contributed by atoms with van der Waals surface area (Å²) < 4.78 is 0. The molecular weight excluding hydrogens is 290 g/mol. The predicted molar refractivity (Wildman–Crippen MR) is 88.7 cm³/mol. The third kappa shape index (κ3) is 2.96. The summed E-state index contributed by atoms with van der Waals surface area (Å²) in [6.45, 7) is 3.78. The highest BCUT2D eigenvalue weighted by molar-refractivity contribution is 5.87. The lowest BCUT2D eigenvalue weighted by atomic mass is 9.70. The molecule has 0 saturated heterocycles. The molecule has 23 heavy (non-hydrogen) atoms. The Balaban J connectivity index is 1.79. The maximum atomic E-state index is 13.0. The van der Waals surface area contributed by atoms with Crippen LogP contribution in [0.5, 0.6) is 0 Å². The van der Waals surface area contributed by atoms with Gasteiger partial charge in [-0.15, -0.1) is 6.58 Å². The molecule has 4 heteroatoms. The molecule has 2 saturated carbocycles. The van der Waals surface area contributed by atoms with E-state index in [1.807, 2.05) is 12.2 Å². The zero-order chi connectivity index (χ0) is 16.4. The van der Waals surface area contributed by atoms with E-state index in [0.29, 0.717) is 0 Å². The second-order valence-electron chi connectivity index (χ2n) is 7.47. The van der Waals surface area contributed by atoms with Gasteiger partial charge in [-0.25, -0.2) is 0 Å². The van der Waals surface area contributed by atoms with Crippen molar-refractivity contribution in [2.75, 3.05) is 0 Å². The molecule has 0 aromatic rings. The van der Waals surface area contributed by atoms with E-state index in [4.69, 9.17) is 0 Å². The van der Waals surface area contributed by atoms with Crippen molar-refractivity contribution >= 4 is 11.9 Å². The molecule has 0 spiro atoms. The molecule has 4 atom stereocenters. The number of hydrogen-bond donors (Lipinski definition) is 2. The lowest BCUT2D eigenvalue weighted by molar-refractivity contribution is -0.149. The molecular formula is C19H27NO3. The first-order valence-electron chi connectivity index (χ1n) is 8.91. The molecule has 0 aromatic heterocycles. The fourth-order valence-corrected chi connectivity index (χ4v) is 4.97. The highest BCUT2D eigenvalue weighted by atomic mass is 16.4.